The van der Waals surface area contributed by atoms with Gasteiger partial charge in [0.2, 0.25) is 0 Å². The van der Waals surface area contributed by atoms with Crippen LogP contribution >= 0.6 is 23.8 Å². The van der Waals surface area contributed by atoms with Crippen LogP contribution < -0.4 is 5.32 Å². The zero-order chi connectivity index (χ0) is 15.5. The first-order valence-corrected chi connectivity index (χ1v) is 8.57. The molecule has 4 N–H and O–H groups in total. The number of hydrogen-bond donors (Lipinski definition) is 4. The fraction of sp³-hybridized carbons (Fsp3) is 0.231. The lowest BCUT2D eigenvalue weighted by Gasteiger charge is -2.11. The van der Waals surface area contributed by atoms with Gasteiger partial charge in [-0.15, -0.1) is 0 Å². The van der Waals surface area contributed by atoms with Crippen molar-refractivity contribution in [2.24, 2.45) is 0 Å². The van der Waals surface area contributed by atoms with E-state index < -0.39 is 7.82 Å². The highest BCUT2D eigenvalue weighted by atomic mass is 79.9. The Morgan fingerprint density at radius 3 is 2.57 bits per heavy atom. The maximum Gasteiger partial charge on any atom is 0.466 e. The summed E-state index contributed by atoms with van der Waals surface area (Å²) in [4.78, 5) is 21.6. The first-order valence-electron chi connectivity index (χ1n) is 6.21. The summed E-state index contributed by atoms with van der Waals surface area (Å²) in [5.41, 5.74) is 2.26. The van der Waals surface area contributed by atoms with E-state index in [0.29, 0.717) is 0 Å². The summed E-state index contributed by atoms with van der Waals surface area (Å²) < 4.78 is 15.8. The lowest BCUT2D eigenvalue weighted by molar-refractivity contribution is 0.275. The number of furan rings is 1. The molecule has 0 saturated heterocycles. The van der Waals surface area contributed by atoms with Crippen LogP contribution in [0.3, 0.4) is 0 Å². The van der Waals surface area contributed by atoms with Crippen LogP contribution in [0.5, 0.6) is 0 Å². The van der Waals surface area contributed by atoms with Gasteiger partial charge < -0.3 is 24.4 Å². The normalized spacial score (nSPS) is 15.3. The fourth-order valence-corrected chi connectivity index (χ4v) is 2.49. The van der Waals surface area contributed by atoms with Crippen LogP contribution in [-0.4, -0.2) is 27.8 Å². The van der Waals surface area contributed by atoms with E-state index in [4.69, 9.17) is 23.7 Å². The summed E-state index contributed by atoms with van der Waals surface area (Å²) in [5, 5.41) is 4.45. The standard InChI is InChI=1S/C13H12BrNO.H3O4P/c14-11-2-1-3-12-10(11)8-13(16-12)9-4-6-15-7-5-9;1-5(2,3)4/h1-4,8,15H,5-7H2;(H3,1,2,3,4). The lowest BCUT2D eigenvalue weighted by atomic mass is 10.1. The molecule has 1 aromatic heterocycles. The molecule has 2 heterocycles. The molecule has 8 heteroatoms. The van der Waals surface area contributed by atoms with Crippen molar-refractivity contribution in [3.8, 4) is 0 Å². The van der Waals surface area contributed by atoms with E-state index >= 15 is 0 Å². The molecule has 2 aromatic rings. The van der Waals surface area contributed by atoms with Crippen molar-refractivity contribution < 1.29 is 23.7 Å². The molecular formula is C13H15BrNO5P. The van der Waals surface area contributed by atoms with Crippen molar-refractivity contribution in [2.75, 3.05) is 13.1 Å². The predicted octanol–water partition coefficient (Wildman–Crippen LogP) is 2.64. The average Bonchev–Trinajstić information content (AvgIpc) is 2.83. The molecule has 0 saturated carbocycles. The fourth-order valence-electron chi connectivity index (χ4n) is 2.03. The van der Waals surface area contributed by atoms with Gasteiger partial charge in [-0.2, -0.15) is 0 Å². The van der Waals surface area contributed by atoms with E-state index in [2.05, 4.69) is 33.4 Å². The minimum atomic E-state index is -4.64. The zero-order valence-corrected chi connectivity index (χ0v) is 13.5. The van der Waals surface area contributed by atoms with Gasteiger partial charge in [0.05, 0.1) is 0 Å². The smallest absolute Gasteiger partial charge is 0.456 e. The molecule has 0 atom stereocenters. The molecule has 0 bridgehead atoms. The van der Waals surface area contributed by atoms with E-state index in [9.17, 15) is 0 Å². The Hall–Kier alpha value is -0.950. The summed E-state index contributed by atoms with van der Waals surface area (Å²) >= 11 is 3.54. The van der Waals surface area contributed by atoms with Gasteiger partial charge in [-0.25, -0.2) is 4.57 Å². The van der Waals surface area contributed by atoms with Crippen molar-refractivity contribution in [2.45, 2.75) is 6.42 Å². The van der Waals surface area contributed by atoms with Crippen LogP contribution in [0.15, 0.2) is 39.2 Å². The number of hydrogen-bond acceptors (Lipinski definition) is 3. The molecule has 114 valence electrons. The number of rotatable bonds is 1. The highest BCUT2D eigenvalue weighted by molar-refractivity contribution is 9.10. The van der Waals surface area contributed by atoms with Crippen LogP contribution in [0, 0.1) is 0 Å². The molecule has 3 rings (SSSR count). The molecular weight excluding hydrogens is 361 g/mol. The molecule has 0 aliphatic carbocycles. The number of benzene rings is 1. The van der Waals surface area contributed by atoms with Crippen molar-refractivity contribution >= 4 is 40.3 Å². The third kappa shape index (κ3) is 5.07. The molecule has 1 aliphatic heterocycles. The van der Waals surface area contributed by atoms with Gasteiger partial charge in [-0.3, -0.25) is 0 Å². The van der Waals surface area contributed by atoms with Gasteiger partial charge in [0.15, 0.2) is 0 Å². The summed E-state index contributed by atoms with van der Waals surface area (Å²) in [6.07, 6.45) is 3.24. The molecule has 0 amide bonds. The third-order valence-corrected chi connectivity index (χ3v) is 3.58. The van der Waals surface area contributed by atoms with Crippen LogP contribution in [0.25, 0.3) is 16.5 Å². The summed E-state index contributed by atoms with van der Waals surface area (Å²) in [6.45, 7) is 1.97. The van der Waals surface area contributed by atoms with Gasteiger partial charge in [-0.1, -0.05) is 28.1 Å². The van der Waals surface area contributed by atoms with Crippen LogP contribution in [0.1, 0.15) is 12.2 Å². The first-order chi connectivity index (χ1) is 9.84. The SMILES string of the molecule is Brc1cccc2oc(C3=CCNCC3)cc12.O=P(O)(O)O. The molecule has 0 spiro atoms. The Balaban J connectivity index is 0.000000282. The molecule has 1 aromatic carbocycles. The summed E-state index contributed by atoms with van der Waals surface area (Å²) in [6, 6.07) is 8.16. The van der Waals surface area contributed by atoms with Gasteiger partial charge in [0, 0.05) is 16.4 Å². The number of nitrogens with one attached hydrogen (secondary N) is 1. The van der Waals surface area contributed by atoms with Gasteiger partial charge in [0.1, 0.15) is 11.3 Å². The molecule has 1 aliphatic rings. The predicted molar refractivity (Wildman–Crippen MR) is 83.6 cm³/mol. The zero-order valence-electron chi connectivity index (χ0n) is 11.0. The number of phosphoric acid groups is 1. The average molecular weight is 376 g/mol. The van der Waals surface area contributed by atoms with Crippen molar-refractivity contribution in [1.82, 2.24) is 5.32 Å². The second-order valence-corrected chi connectivity index (χ2v) is 6.34. The Morgan fingerprint density at radius 2 is 2.00 bits per heavy atom. The Kier molecular flexibility index (Phi) is 5.37. The van der Waals surface area contributed by atoms with Crippen molar-refractivity contribution in [3.05, 3.63) is 40.6 Å². The molecule has 0 radical (unpaired) electrons. The van der Waals surface area contributed by atoms with E-state index in [1.165, 1.54) is 5.57 Å². The summed E-state index contributed by atoms with van der Waals surface area (Å²) in [7, 11) is -4.64. The molecule has 6 nitrogen and oxygen atoms in total. The Labute approximate surface area is 129 Å². The van der Waals surface area contributed by atoms with Crippen molar-refractivity contribution in [1.29, 1.82) is 0 Å². The highest BCUT2D eigenvalue weighted by Crippen LogP contribution is 2.31. The van der Waals surface area contributed by atoms with E-state index in [1.807, 2.05) is 18.2 Å². The Morgan fingerprint density at radius 1 is 1.29 bits per heavy atom. The second kappa shape index (κ2) is 6.87. The molecule has 21 heavy (non-hydrogen) atoms. The van der Waals surface area contributed by atoms with Crippen LogP contribution in [0.2, 0.25) is 0 Å². The van der Waals surface area contributed by atoms with Crippen molar-refractivity contribution in [3.63, 3.8) is 0 Å². The van der Waals surface area contributed by atoms with Gasteiger partial charge in [0.25, 0.3) is 0 Å². The van der Waals surface area contributed by atoms with Gasteiger partial charge >= 0.3 is 7.82 Å². The Bertz CT molecular complexity index is 697. The second-order valence-electron chi connectivity index (χ2n) is 4.46. The monoisotopic (exact) mass is 375 g/mol. The van der Waals surface area contributed by atoms with E-state index in [-0.39, 0.29) is 0 Å². The first kappa shape index (κ1) is 16.4. The number of halogens is 1. The molecule has 0 fully saturated rings. The number of fused-ring (bicyclic) bond motifs is 1. The lowest BCUT2D eigenvalue weighted by Crippen LogP contribution is -2.19. The van der Waals surface area contributed by atoms with Crippen LogP contribution in [-0.2, 0) is 4.57 Å². The quantitative estimate of drug-likeness (QED) is 0.571. The van der Waals surface area contributed by atoms with Gasteiger partial charge in [-0.05, 0) is 36.7 Å². The minimum absolute atomic E-state index is 0.938. The minimum Gasteiger partial charge on any atom is -0.456 e. The van der Waals surface area contributed by atoms with E-state index in [0.717, 1.165) is 40.7 Å². The highest BCUT2D eigenvalue weighted by Gasteiger charge is 2.12. The summed E-state index contributed by atoms with van der Waals surface area (Å²) in [5.74, 6) is 1.00. The largest absolute Gasteiger partial charge is 0.466 e. The maximum atomic E-state index is 8.88. The van der Waals surface area contributed by atoms with E-state index in [1.54, 1.807) is 0 Å². The molecule has 0 unspecified atom stereocenters. The van der Waals surface area contributed by atoms with Crippen LogP contribution in [0.4, 0.5) is 0 Å². The maximum absolute atomic E-state index is 8.88. The topological polar surface area (TPSA) is 103 Å². The third-order valence-electron chi connectivity index (χ3n) is 2.89.